The van der Waals surface area contributed by atoms with Crippen molar-refractivity contribution in [2.45, 2.75) is 32.6 Å². The fourth-order valence-corrected chi connectivity index (χ4v) is 4.12. The zero-order chi connectivity index (χ0) is 19.8. The van der Waals surface area contributed by atoms with Gasteiger partial charge in [-0.15, -0.1) is 11.8 Å². The number of nitrogens with zero attached hydrogens (tertiary/aromatic N) is 2. The van der Waals surface area contributed by atoms with Gasteiger partial charge in [-0.25, -0.2) is 0 Å². The molecule has 0 saturated carbocycles. The predicted molar refractivity (Wildman–Crippen MR) is 114 cm³/mol. The second kappa shape index (κ2) is 10.1. The van der Waals surface area contributed by atoms with E-state index in [2.05, 4.69) is 29.4 Å². The molecular formula is C23H26N2O2S. The van der Waals surface area contributed by atoms with E-state index >= 15 is 0 Å². The van der Waals surface area contributed by atoms with Crippen LogP contribution in [0.15, 0.2) is 65.2 Å². The second-order valence-electron chi connectivity index (χ2n) is 6.83. The fraction of sp³-hybridized carbons (Fsp3) is 0.304. The van der Waals surface area contributed by atoms with E-state index in [4.69, 9.17) is 4.52 Å². The highest BCUT2D eigenvalue weighted by molar-refractivity contribution is 7.99. The number of hydrogen-bond acceptors (Lipinski definition) is 4. The molecule has 0 aliphatic heterocycles. The highest BCUT2D eigenvalue weighted by Gasteiger charge is 2.16. The monoisotopic (exact) mass is 394 g/mol. The van der Waals surface area contributed by atoms with Gasteiger partial charge < -0.3 is 9.42 Å². The van der Waals surface area contributed by atoms with Crippen LogP contribution >= 0.6 is 11.8 Å². The number of carbonyl (C=O) groups is 1. The van der Waals surface area contributed by atoms with E-state index in [0.717, 1.165) is 34.8 Å². The Morgan fingerprint density at radius 2 is 1.64 bits per heavy atom. The summed E-state index contributed by atoms with van der Waals surface area (Å²) >= 11 is 1.62. The molecule has 146 valence electrons. The molecule has 4 nitrogen and oxygen atoms in total. The lowest BCUT2D eigenvalue weighted by Crippen LogP contribution is -2.33. The van der Waals surface area contributed by atoms with E-state index in [-0.39, 0.29) is 5.91 Å². The molecule has 0 atom stereocenters. The molecule has 2 aromatic carbocycles. The molecule has 0 radical (unpaired) electrons. The smallest absolute Gasteiger partial charge is 0.232 e. The largest absolute Gasteiger partial charge is 0.361 e. The first kappa shape index (κ1) is 20.2. The molecule has 0 unspecified atom stereocenters. The summed E-state index contributed by atoms with van der Waals surface area (Å²) in [5, 5.41) is 3.98. The predicted octanol–water partition coefficient (Wildman–Crippen LogP) is 4.80. The Labute approximate surface area is 170 Å². The number of amides is 1. The molecular weight excluding hydrogens is 368 g/mol. The van der Waals surface area contributed by atoms with Gasteiger partial charge in [-0.2, -0.15) is 0 Å². The van der Waals surface area contributed by atoms with Crippen molar-refractivity contribution < 1.29 is 9.32 Å². The minimum absolute atomic E-state index is 0.163. The Bertz CT molecular complexity index is 859. The molecule has 1 heterocycles. The quantitative estimate of drug-likeness (QED) is 0.523. The van der Waals surface area contributed by atoms with Crippen LogP contribution in [0.2, 0.25) is 0 Å². The SMILES string of the molecule is Cc1noc(C)c1CSCC(=O)N(CCc1ccccc1)Cc1ccccc1. The third-order valence-corrected chi connectivity index (χ3v) is 5.68. The Balaban J connectivity index is 1.60. The van der Waals surface area contributed by atoms with Crippen molar-refractivity contribution in [2.75, 3.05) is 12.3 Å². The Kier molecular flexibility index (Phi) is 7.31. The van der Waals surface area contributed by atoms with E-state index in [9.17, 15) is 4.79 Å². The Hall–Kier alpha value is -2.53. The van der Waals surface area contributed by atoms with E-state index in [1.807, 2.05) is 55.1 Å². The van der Waals surface area contributed by atoms with E-state index in [0.29, 0.717) is 18.8 Å². The first-order chi connectivity index (χ1) is 13.6. The van der Waals surface area contributed by atoms with Crippen LogP contribution in [0.4, 0.5) is 0 Å². The summed E-state index contributed by atoms with van der Waals surface area (Å²) < 4.78 is 5.21. The molecule has 0 fully saturated rings. The molecule has 5 heteroatoms. The van der Waals surface area contributed by atoms with Gasteiger partial charge in [0.25, 0.3) is 0 Å². The minimum atomic E-state index is 0.163. The van der Waals surface area contributed by atoms with Crippen molar-refractivity contribution in [1.29, 1.82) is 0 Å². The van der Waals surface area contributed by atoms with Crippen LogP contribution in [0.25, 0.3) is 0 Å². The van der Waals surface area contributed by atoms with Crippen LogP contribution in [0.5, 0.6) is 0 Å². The summed E-state index contributed by atoms with van der Waals surface area (Å²) in [6, 6.07) is 20.5. The number of carbonyl (C=O) groups excluding carboxylic acids is 1. The molecule has 1 amide bonds. The number of benzene rings is 2. The first-order valence-electron chi connectivity index (χ1n) is 9.48. The summed E-state index contributed by atoms with van der Waals surface area (Å²) in [6.07, 6.45) is 0.855. The summed E-state index contributed by atoms with van der Waals surface area (Å²) in [5.41, 5.74) is 4.40. The van der Waals surface area contributed by atoms with Crippen molar-refractivity contribution in [2.24, 2.45) is 0 Å². The standard InChI is InChI=1S/C23H26N2O2S/c1-18-22(19(2)27-24-18)16-28-17-23(26)25(15-21-11-7-4-8-12-21)14-13-20-9-5-3-6-10-20/h3-12H,13-17H2,1-2H3. The van der Waals surface area contributed by atoms with E-state index < -0.39 is 0 Å². The molecule has 0 spiro atoms. The maximum atomic E-state index is 12.9. The zero-order valence-electron chi connectivity index (χ0n) is 16.4. The fourth-order valence-electron chi connectivity index (χ4n) is 3.04. The average Bonchev–Trinajstić information content (AvgIpc) is 3.04. The van der Waals surface area contributed by atoms with Crippen LogP contribution < -0.4 is 0 Å². The highest BCUT2D eigenvalue weighted by Crippen LogP contribution is 2.20. The maximum absolute atomic E-state index is 12.9. The van der Waals surface area contributed by atoms with Crippen LogP contribution in [-0.4, -0.2) is 28.3 Å². The van der Waals surface area contributed by atoms with Gasteiger partial charge in [0.05, 0.1) is 11.4 Å². The molecule has 28 heavy (non-hydrogen) atoms. The Morgan fingerprint density at radius 1 is 1.00 bits per heavy atom. The van der Waals surface area contributed by atoms with Crippen molar-refractivity contribution >= 4 is 17.7 Å². The summed E-state index contributed by atoms with van der Waals surface area (Å²) in [4.78, 5) is 14.9. The topological polar surface area (TPSA) is 46.3 Å². The van der Waals surface area contributed by atoms with Crippen molar-refractivity contribution in [3.05, 3.63) is 88.8 Å². The third-order valence-electron chi connectivity index (χ3n) is 4.74. The van der Waals surface area contributed by atoms with Gasteiger partial charge >= 0.3 is 0 Å². The molecule has 3 rings (SSSR count). The molecule has 0 N–H and O–H groups in total. The van der Waals surface area contributed by atoms with E-state index in [1.165, 1.54) is 5.56 Å². The lowest BCUT2D eigenvalue weighted by Gasteiger charge is -2.23. The van der Waals surface area contributed by atoms with Gasteiger partial charge in [-0.05, 0) is 31.4 Å². The average molecular weight is 395 g/mol. The van der Waals surface area contributed by atoms with Gasteiger partial charge in [0.2, 0.25) is 5.91 Å². The second-order valence-corrected chi connectivity index (χ2v) is 7.82. The van der Waals surface area contributed by atoms with Crippen molar-refractivity contribution in [3.8, 4) is 0 Å². The third kappa shape index (κ3) is 5.73. The van der Waals surface area contributed by atoms with Gasteiger partial charge in [-0.3, -0.25) is 4.79 Å². The Morgan fingerprint density at radius 3 is 2.25 bits per heavy atom. The minimum Gasteiger partial charge on any atom is -0.361 e. The summed E-state index contributed by atoms with van der Waals surface area (Å²) in [6.45, 7) is 5.21. The van der Waals surface area contributed by atoms with Gasteiger partial charge in [0.1, 0.15) is 5.76 Å². The normalized spacial score (nSPS) is 10.8. The number of rotatable bonds is 9. The molecule has 0 saturated heterocycles. The summed E-state index contributed by atoms with van der Waals surface area (Å²) in [5.74, 6) is 2.19. The van der Waals surface area contributed by atoms with Gasteiger partial charge in [0.15, 0.2) is 0 Å². The lowest BCUT2D eigenvalue weighted by molar-refractivity contribution is -0.128. The number of hydrogen-bond donors (Lipinski definition) is 0. The maximum Gasteiger partial charge on any atom is 0.232 e. The number of aryl methyl sites for hydroxylation is 2. The van der Waals surface area contributed by atoms with Gasteiger partial charge in [0, 0.05) is 24.4 Å². The molecule has 0 bridgehead atoms. The van der Waals surface area contributed by atoms with Crippen molar-refractivity contribution in [1.82, 2.24) is 10.1 Å². The van der Waals surface area contributed by atoms with Crippen molar-refractivity contribution in [3.63, 3.8) is 0 Å². The highest BCUT2D eigenvalue weighted by atomic mass is 32.2. The van der Waals surface area contributed by atoms with Crippen LogP contribution in [0.3, 0.4) is 0 Å². The van der Waals surface area contributed by atoms with Crippen LogP contribution in [-0.2, 0) is 23.5 Å². The molecule has 0 aliphatic carbocycles. The van der Waals surface area contributed by atoms with Crippen LogP contribution in [0, 0.1) is 13.8 Å². The molecule has 3 aromatic rings. The first-order valence-corrected chi connectivity index (χ1v) is 10.6. The molecule has 1 aromatic heterocycles. The van der Waals surface area contributed by atoms with Gasteiger partial charge in [-0.1, -0.05) is 65.8 Å². The van der Waals surface area contributed by atoms with Crippen LogP contribution in [0.1, 0.15) is 28.1 Å². The number of thioether (sulfide) groups is 1. The molecule has 0 aliphatic rings. The van der Waals surface area contributed by atoms with E-state index in [1.54, 1.807) is 11.8 Å². The lowest BCUT2D eigenvalue weighted by atomic mass is 10.1. The zero-order valence-corrected chi connectivity index (χ0v) is 17.2. The summed E-state index contributed by atoms with van der Waals surface area (Å²) in [7, 11) is 0. The number of aromatic nitrogens is 1.